The van der Waals surface area contributed by atoms with Gasteiger partial charge in [0.1, 0.15) is 17.6 Å². The van der Waals surface area contributed by atoms with Crippen LogP contribution < -0.4 is 4.74 Å². The predicted molar refractivity (Wildman–Crippen MR) is 103 cm³/mol. The van der Waals surface area contributed by atoms with Gasteiger partial charge in [0.2, 0.25) is 0 Å². The third kappa shape index (κ3) is 4.19. The van der Waals surface area contributed by atoms with E-state index in [9.17, 15) is 9.18 Å². The number of nitrogens with zero attached hydrogens (tertiary/aromatic N) is 4. The first-order valence-electron chi connectivity index (χ1n) is 8.83. The zero-order valence-electron chi connectivity index (χ0n) is 14.8. The van der Waals surface area contributed by atoms with Crippen molar-refractivity contribution in [3.8, 4) is 17.3 Å². The number of aromatic amines is 1. The first-order chi connectivity index (χ1) is 13.6. The molecule has 1 amide bonds. The van der Waals surface area contributed by atoms with Gasteiger partial charge in [0.15, 0.2) is 0 Å². The highest BCUT2D eigenvalue weighted by atomic mass is 79.9. The van der Waals surface area contributed by atoms with Crippen molar-refractivity contribution in [1.82, 2.24) is 25.1 Å². The second-order valence-electron chi connectivity index (χ2n) is 6.49. The summed E-state index contributed by atoms with van der Waals surface area (Å²) in [7, 11) is 0. The summed E-state index contributed by atoms with van der Waals surface area (Å²) in [6.45, 7) is 1.09. The summed E-state index contributed by atoms with van der Waals surface area (Å²) in [5, 5.41) is 6.96. The number of carbonyl (C=O) groups excluding carboxylic acids is 1. The van der Waals surface area contributed by atoms with Crippen molar-refractivity contribution >= 4 is 21.8 Å². The van der Waals surface area contributed by atoms with Crippen LogP contribution in [0, 0.1) is 5.82 Å². The van der Waals surface area contributed by atoms with Gasteiger partial charge >= 0.3 is 6.01 Å². The Hall–Kier alpha value is -2.81. The molecule has 2 aromatic heterocycles. The average molecular weight is 446 g/mol. The molecule has 0 aliphatic carbocycles. The molecule has 0 saturated carbocycles. The van der Waals surface area contributed by atoms with Gasteiger partial charge in [-0.05, 0) is 59.1 Å². The number of halogens is 2. The van der Waals surface area contributed by atoms with Crippen LogP contribution in [0.3, 0.4) is 0 Å². The van der Waals surface area contributed by atoms with Gasteiger partial charge in [0.05, 0.1) is 16.7 Å². The van der Waals surface area contributed by atoms with Crippen molar-refractivity contribution < 1.29 is 13.9 Å². The third-order valence-electron chi connectivity index (χ3n) is 4.48. The molecule has 28 heavy (non-hydrogen) atoms. The minimum absolute atomic E-state index is 0.147. The van der Waals surface area contributed by atoms with Gasteiger partial charge in [-0.25, -0.2) is 14.4 Å². The van der Waals surface area contributed by atoms with Crippen molar-refractivity contribution in [3.05, 3.63) is 58.7 Å². The molecule has 1 fully saturated rings. The van der Waals surface area contributed by atoms with Gasteiger partial charge in [0, 0.05) is 24.5 Å². The molecule has 1 atom stereocenters. The molecule has 1 aliphatic rings. The van der Waals surface area contributed by atoms with Crippen LogP contribution in [0.1, 0.15) is 23.3 Å². The minimum atomic E-state index is -0.315. The fourth-order valence-electron chi connectivity index (χ4n) is 3.10. The molecule has 9 heteroatoms. The molecule has 0 bridgehead atoms. The lowest BCUT2D eigenvalue weighted by atomic mass is 10.1. The first-order valence-corrected chi connectivity index (χ1v) is 9.62. The topological polar surface area (TPSA) is 84.0 Å². The van der Waals surface area contributed by atoms with Crippen molar-refractivity contribution in [2.45, 2.75) is 18.9 Å². The number of likely N-dealkylation sites (tertiary alicyclic amines) is 1. The smallest absolute Gasteiger partial charge is 0.316 e. The standard InChI is InChI=1S/C19H17BrFN5O2/c20-13-9-22-19(23-10-13)28-15-2-1-7-26(11-15)18(27)17-8-16(24-25-17)12-3-5-14(21)6-4-12/h3-6,8-10,15H,1-2,7,11H2,(H,24,25). The van der Waals surface area contributed by atoms with Gasteiger partial charge in [-0.1, -0.05) is 0 Å². The Labute approximate surface area is 169 Å². The zero-order chi connectivity index (χ0) is 19.5. The number of aromatic nitrogens is 4. The van der Waals surface area contributed by atoms with E-state index in [1.165, 1.54) is 12.1 Å². The average Bonchev–Trinajstić information content (AvgIpc) is 3.20. The number of carbonyl (C=O) groups is 1. The molecule has 7 nitrogen and oxygen atoms in total. The molecule has 144 valence electrons. The molecule has 0 spiro atoms. The highest BCUT2D eigenvalue weighted by Gasteiger charge is 2.27. The van der Waals surface area contributed by atoms with E-state index in [4.69, 9.17) is 4.74 Å². The Kier molecular flexibility index (Phi) is 5.34. The largest absolute Gasteiger partial charge is 0.458 e. The highest BCUT2D eigenvalue weighted by Crippen LogP contribution is 2.21. The Bertz CT molecular complexity index is 961. The summed E-state index contributed by atoms with van der Waals surface area (Å²) in [6, 6.07) is 7.95. The highest BCUT2D eigenvalue weighted by molar-refractivity contribution is 9.10. The Morgan fingerprint density at radius 3 is 2.75 bits per heavy atom. The lowest BCUT2D eigenvalue weighted by molar-refractivity contribution is 0.0510. The maximum atomic E-state index is 13.1. The maximum absolute atomic E-state index is 13.1. The minimum Gasteiger partial charge on any atom is -0.458 e. The van der Waals surface area contributed by atoms with Gasteiger partial charge < -0.3 is 9.64 Å². The van der Waals surface area contributed by atoms with E-state index < -0.39 is 0 Å². The van der Waals surface area contributed by atoms with Crippen molar-refractivity contribution in [3.63, 3.8) is 0 Å². The molecular weight excluding hydrogens is 429 g/mol. The summed E-state index contributed by atoms with van der Waals surface area (Å²) in [6.07, 6.45) is 4.72. The van der Waals surface area contributed by atoms with Crippen molar-refractivity contribution in [2.24, 2.45) is 0 Å². The predicted octanol–water partition coefficient (Wildman–Crippen LogP) is 3.45. The van der Waals surface area contributed by atoms with E-state index in [0.717, 1.165) is 22.9 Å². The van der Waals surface area contributed by atoms with Crippen molar-refractivity contribution in [1.29, 1.82) is 0 Å². The van der Waals surface area contributed by atoms with Crippen LogP contribution in [-0.4, -0.2) is 50.2 Å². The molecular formula is C19H17BrFN5O2. The fraction of sp³-hybridized carbons (Fsp3) is 0.263. The van der Waals surface area contributed by atoms with Gasteiger partial charge in [-0.2, -0.15) is 5.10 Å². The lowest BCUT2D eigenvalue weighted by Gasteiger charge is -2.32. The number of amides is 1. The molecule has 1 unspecified atom stereocenters. The van der Waals surface area contributed by atoms with Crippen molar-refractivity contribution in [2.75, 3.05) is 13.1 Å². The van der Waals surface area contributed by atoms with E-state index in [1.807, 2.05) is 0 Å². The van der Waals surface area contributed by atoms with Crippen LogP contribution in [0.4, 0.5) is 4.39 Å². The van der Waals surface area contributed by atoms with Gasteiger partial charge in [-0.15, -0.1) is 0 Å². The number of piperidine rings is 1. The number of nitrogens with one attached hydrogen (secondary N) is 1. The quantitative estimate of drug-likeness (QED) is 0.664. The number of hydrogen-bond acceptors (Lipinski definition) is 5. The second-order valence-corrected chi connectivity index (χ2v) is 7.41. The van der Waals surface area contributed by atoms with E-state index >= 15 is 0 Å². The molecule has 1 aliphatic heterocycles. The van der Waals surface area contributed by atoms with Crippen LogP contribution in [0.15, 0.2) is 47.2 Å². The van der Waals surface area contributed by atoms with Crippen LogP contribution in [-0.2, 0) is 0 Å². The molecule has 3 heterocycles. The molecule has 3 aromatic rings. The molecule has 0 radical (unpaired) electrons. The Balaban J connectivity index is 1.43. The fourth-order valence-corrected chi connectivity index (χ4v) is 3.30. The SMILES string of the molecule is O=C(c1cc(-c2ccc(F)cc2)n[nH]1)N1CCCC(Oc2ncc(Br)cn2)C1. The number of benzene rings is 1. The normalized spacial score (nSPS) is 16.8. The molecule has 1 aromatic carbocycles. The summed E-state index contributed by atoms with van der Waals surface area (Å²) in [5.74, 6) is -0.462. The summed E-state index contributed by atoms with van der Waals surface area (Å²) in [4.78, 5) is 22.8. The van der Waals surface area contributed by atoms with Gasteiger partial charge in [-0.3, -0.25) is 9.89 Å². The lowest BCUT2D eigenvalue weighted by Crippen LogP contribution is -2.44. The number of ether oxygens (including phenoxy) is 1. The summed E-state index contributed by atoms with van der Waals surface area (Å²) in [5.41, 5.74) is 1.72. The van der Waals surface area contributed by atoms with E-state index in [1.54, 1.807) is 35.5 Å². The van der Waals surface area contributed by atoms with E-state index in [-0.39, 0.29) is 17.8 Å². The van der Waals surface area contributed by atoms with E-state index in [0.29, 0.717) is 30.5 Å². The number of H-pyrrole nitrogens is 1. The van der Waals surface area contributed by atoms with Crippen LogP contribution in [0.25, 0.3) is 11.3 Å². The first kappa shape index (κ1) is 18.5. The van der Waals surface area contributed by atoms with Gasteiger partial charge in [0.25, 0.3) is 5.91 Å². The third-order valence-corrected chi connectivity index (χ3v) is 4.89. The molecule has 4 rings (SSSR count). The monoisotopic (exact) mass is 445 g/mol. The van der Waals surface area contributed by atoms with Crippen LogP contribution >= 0.6 is 15.9 Å². The summed E-state index contributed by atoms with van der Waals surface area (Å²) < 4.78 is 19.7. The van der Waals surface area contributed by atoms with E-state index in [2.05, 4.69) is 36.1 Å². The molecule has 1 N–H and O–H groups in total. The Morgan fingerprint density at radius 1 is 1.25 bits per heavy atom. The number of hydrogen-bond donors (Lipinski definition) is 1. The Morgan fingerprint density at radius 2 is 2.00 bits per heavy atom. The summed E-state index contributed by atoms with van der Waals surface area (Å²) >= 11 is 3.29. The van der Waals surface area contributed by atoms with Crippen LogP contribution in [0.5, 0.6) is 6.01 Å². The number of rotatable bonds is 4. The molecule has 1 saturated heterocycles. The second kappa shape index (κ2) is 8.05. The maximum Gasteiger partial charge on any atom is 0.316 e. The zero-order valence-corrected chi connectivity index (χ0v) is 16.4. The van der Waals surface area contributed by atoms with Crippen LogP contribution in [0.2, 0.25) is 0 Å².